The zero-order chi connectivity index (χ0) is 21.6. The van der Waals surface area contributed by atoms with Gasteiger partial charge in [0.15, 0.2) is 0 Å². The first-order valence-electron chi connectivity index (χ1n) is 10.2. The van der Waals surface area contributed by atoms with E-state index in [4.69, 9.17) is 9.84 Å². The van der Waals surface area contributed by atoms with Crippen LogP contribution in [0.3, 0.4) is 0 Å². The van der Waals surface area contributed by atoms with Crippen LogP contribution in [0.4, 0.5) is 0 Å². The minimum absolute atomic E-state index is 0.156. The molecular weight excluding hydrogens is 390 g/mol. The molecule has 0 aliphatic rings. The number of carbonyl (C=O) groups is 1. The molecule has 0 spiro atoms. The number of nitrogens with zero attached hydrogens (tertiary/aromatic N) is 4. The van der Waals surface area contributed by atoms with E-state index in [1.54, 1.807) is 24.2 Å². The van der Waals surface area contributed by atoms with Crippen LogP contribution >= 0.6 is 0 Å². The van der Waals surface area contributed by atoms with Crippen molar-refractivity contribution in [2.45, 2.75) is 19.9 Å². The van der Waals surface area contributed by atoms with Crippen molar-refractivity contribution < 1.29 is 9.53 Å². The molecule has 2 aromatic carbocycles. The number of hydrogen-bond donors (Lipinski definition) is 1. The second-order valence-electron chi connectivity index (χ2n) is 7.28. The molecule has 2 aromatic heterocycles. The van der Waals surface area contributed by atoms with Gasteiger partial charge in [0.1, 0.15) is 11.4 Å². The van der Waals surface area contributed by atoms with Gasteiger partial charge in [-0.25, -0.2) is 4.68 Å². The fourth-order valence-electron chi connectivity index (χ4n) is 3.32. The van der Waals surface area contributed by atoms with Crippen LogP contribution in [0.25, 0.3) is 16.9 Å². The first-order chi connectivity index (χ1) is 15.1. The van der Waals surface area contributed by atoms with Crippen LogP contribution in [0.2, 0.25) is 0 Å². The third-order valence-electron chi connectivity index (χ3n) is 5.01. The Balaban J connectivity index is 1.59. The van der Waals surface area contributed by atoms with Crippen LogP contribution in [0, 0.1) is 6.92 Å². The monoisotopic (exact) mass is 415 g/mol. The van der Waals surface area contributed by atoms with Gasteiger partial charge in [0.2, 0.25) is 0 Å². The Hall–Kier alpha value is -3.87. The lowest BCUT2D eigenvalue weighted by molar-refractivity contribution is 0.0953. The van der Waals surface area contributed by atoms with Crippen molar-refractivity contribution in [2.24, 2.45) is 0 Å². The van der Waals surface area contributed by atoms with Crippen molar-refractivity contribution >= 4 is 5.91 Å². The van der Waals surface area contributed by atoms with E-state index in [1.165, 1.54) is 5.56 Å². The molecule has 0 bridgehead atoms. The summed E-state index contributed by atoms with van der Waals surface area (Å²) in [6.45, 7) is 3.33. The van der Waals surface area contributed by atoms with Crippen LogP contribution in [0.1, 0.15) is 22.3 Å². The molecular formula is C24H25N5O2. The largest absolute Gasteiger partial charge is 0.497 e. The van der Waals surface area contributed by atoms with E-state index in [0.717, 1.165) is 24.2 Å². The predicted octanol–water partition coefficient (Wildman–Crippen LogP) is 3.87. The summed E-state index contributed by atoms with van der Waals surface area (Å²) in [4.78, 5) is 13.0. The molecule has 4 aromatic rings. The Labute approximate surface area is 181 Å². The Morgan fingerprint density at radius 3 is 2.71 bits per heavy atom. The molecule has 0 fully saturated rings. The number of methoxy groups -OCH3 is 1. The summed E-state index contributed by atoms with van der Waals surface area (Å²) < 4.78 is 8.95. The Morgan fingerprint density at radius 1 is 1.13 bits per heavy atom. The van der Waals surface area contributed by atoms with E-state index in [0.29, 0.717) is 23.6 Å². The first kappa shape index (κ1) is 20.4. The number of rotatable bonds is 8. The Bertz CT molecular complexity index is 1150. The first-order valence-corrected chi connectivity index (χ1v) is 10.2. The van der Waals surface area contributed by atoms with Crippen LogP contribution < -0.4 is 10.1 Å². The van der Waals surface area contributed by atoms with Gasteiger partial charge in [0.25, 0.3) is 5.91 Å². The van der Waals surface area contributed by atoms with Crippen molar-refractivity contribution in [2.75, 3.05) is 13.7 Å². The predicted molar refractivity (Wildman–Crippen MR) is 119 cm³/mol. The zero-order valence-electron chi connectivity index (χ0n) is 17.7. The second kappa shape index (κ2) is 9.30. The normalized spacial score (nSPS) is 10.8. The molecule has 158 valence electrons. The van der Waals surface area contributed by atoms with Gasteiger partial charge in [-0.1, -0.05) is 29.8 Å². The summed E-state index contributed by atoms with van der Waals surface area (Å²) in [5.41, 5.74) is 4.02. The van der Waals surface area contributed by atoms with E-state index in [9.17, 15) is 4.79 Å². The number of nitrogens with one attached hydrogen (secondary N) is 1. The van der Waals surface area contributed by atoms with Gasteiger partial charge >= 0.3 is 0 Å². The smallest absolute Gasteiger partial charge is 0.255 e. The Kier molecular flexibility index (Phi) is 6.12. The van der Waals surface area contributed by atoms with Crippen molar-refractivity contribution in [1.29, 1.82) is 0 Å². The number of amides is 1. The molecule has 0 saturated heterocycles. The third kappa shape index (κ3) is 4.83. The molecule has 7 heteroatoms. The average molecular weight is 415 g/mol. The van der Waals surface area contributed by atoms with Gasteiger partial charge in [0, 0.05) is 37.2 Å². The summed E-state index contributed by atoms with van der Waals surface area (Å²) in [5, 5.41) is 11.9. The third-order valence-corrected chi connectivity index (χ3v) is 5.01. The molecule has 0 saturated carbocycles. The van der Waals surface area contributed by atoms with Crippen molar-refractivity contribution in [1.82, 2.24) is 24.9 Å². The van der Waals surface area contributed by atoms with Crippen LogP contribution in [-0.2, 0) is 6.54 Å². The molecule has 1 amide bonds. The number of benzene rings is 2. The standard InChI is InChI=1S/C24H25N5O2/c1-18-8-10-20(11-9-18)29-17-22(23(27-29)19-6-3-7-21(16-19)31-2)24(30)25-12-4-14-28-15-5-13-26-28/h3,5-11,13,15-17H,4,12,14H2,1-2H3,(H,25,30). The molecule has 0 atom stereocenters. The van der Waals surface area contributed by atoms with Crippen molar-refractivity contribution in [3.63, 3.8) is 0 Å². The van der Waals surface area contributed by atoms with E-state index in [1.807, 2.05) is 72.4 Å². The highest BCUT2D eigenvalue weighted by Gasteiger charge is 2.19. The lowest BCUT2D eigenvalue weighted by atomic mass is 10.1. The summed E-state index contributed by atoms with van der Waals surface area (Å²) >= 11 is 0. The van der Waals surface area contributed by atoms with Crippen molar-refractivity contribution in [3.8, 4) is 22.7 Å². The molecule has 0 unspecified atom stereocenters. The second-order valence-corrected chi connectivity index (χ2v) is 7.28. The number of aryl methyl sites for hydroxylation is 2. The molecule has 0 radical (unpaired) electrons. The SMILES string of the molecule is COc1cccc(-c2nn(-c3ccc(C)cc3)cc2C(=O)NCCCn2cccn2)c1. The van der Waals surface area contributed by atoms with Crippen LogP contribution in [-0.4, -0.2) is 39.1 Å². The van der Waals surface area contributed by atoms with Gasteiger partial charge in [-0.05, 0) is 43.7 Å². The van der Waals surface area contributed by atoms with Gasteiger partial charge in [-0.2, -0.15) is 10.2 Å². The van der Waals surface area contributed by atoms with Gasteiger partial charge in [-0.3, -0.25) is 9.48 Å². The maximum Gasteiger partial charge on any atom is 0.255 e. The van der Waals surface area contributed by atoms with E-state index >= 15 is 0 Å². The molecule has 2 heterocycles. The fraction of sp³-hybridized carbons (Fsp3) is 0.208. The summed E-state index contributed by atoms with van der Waals surface area (Å²) in [7, 11) is 1.62. The highest BCUT2D eigenvalue weighted by atomic mass is 16.5. The van der Waals surface area contributed by atoms with E-state index in [2.05, 4.69) is 10.4 Å². The molecule has 0 aliphatic heterocycles. The minimum atomic E-state index is -0.156. The number of carbonyl (C=O) groups excluding carboxylic acids is 1. The number of aromatic nitrogens is 4. The molecule has 1 N–H and O–H groups in total. The summed E-state index contributed by atoms with van der Waals surface area (Å²) in [5.74, 6) is 0.560. The summed E-state index contributed by atoms with van der Waals surface area (Å²) in [6, 6.07) is 17.5. The lowest BCUT2D eigenvalue weighted by Crippen LogP contribution is -2.25. The average Bonchev–Trinajstić information content (AvgIpc) is 3.47. The fourth-order valence-corrected chi connectivity index (χ4v) is 3.32. The minimum Gasteiger partial charge on any atom is -0.497 e. The Morgan fingerprint density at radius 2 is 1.97 bits per heavy atom. The highest BCUT2D eigenvalue weighted by Crippen LogP contribution is 2.27. The van der Waals surface area contributed by atoms with Gasteiger partial charge in [-0.15, -0.1) is 0 Å². The quantitative estimate of drug-likeness (QED) is 0.443. The van der Waals surface area contributed by atoms with Gasteiger partial charge in [0.05, 0.1) is 18.4 Å². The number of ether oxygens (including phenoxy) is 1. The van der Waals surface area contributed by atoms with Crippen LogP contribution in [0.15, 0.2) is 73.2 Å². The van der Waals surface area contributed by atoms with Crippen molar-refractivity contribution in [3.05, 3.63) is 84.3 Å². The van der Waals surface area contributed by atoms with Crippen LogP contribution in [0.5, 0.6) is 5.75 Å². The van der Waals surface area contributed by atoms with E-state index < -0.39 is 0 Å². The summed E-state index contributed by atoms with van der Waals surface area (Å²) in [6.07, 6.45) is 6.23. The van der Waals surface area contributed by atoms with E-state index in [-0.39, 0.29) is 5.91 Å². The molecule has 4 rings (SSSR count). The maximum atomic E-state index is 13.0. The topological polar surface area (TPSA) is 74.0 Å². The molecule has 7 nitrogen and oxygen atoms in total. The van der Waals surface area contributed by atoms with Gasteiger partial charge < -0.3 is 10.1 Å². The molecule has 0 aliphatic carbocycles. The zero-order valence-corrected chi connectivity index (χ0v) is 17.7. The molecule has 31 heavy (non-hydrogen) atoms. The highest BCUT2D eigenvalue weighted by molar-refractivity contribution is 6.00. The lowest BCUT2D eigenvalue weighted by Gasteiger charge is -2.07. The maximum absolute atomic E-state index is 13.0. The number of hydrogen-bond acceptors (Lipinski definition) is 4.